The minimum Gasteiger partial charge on any atom is -0.496 e. The molecule has 0 spiro atoms. The van der Waals surface area contributed by atoms with E-state index < -0.39 is 18.0 Å². The lowest BCUT2D eigenvalue weighted by Gasteiger charge is -2.25. The Labute approximate surface area is 230 Å². The van der Waals surface area contributed by atoms with Crippen molar-refractivity contribution in [3.8, 4) is 5.75 Å². The van der Waals surface area contributed by atoms with Gasteiger partial charge in [0.1, 0.15) is 5.75 Å². The van der Waals surface area contributed by atoms with E-state index in [-0.39, 0.29) is 23.7 Å². The summed E-state index contributed by atoms with van der Waals surface area (Å²) < 4.78 is 17.7. The molecule has 1 aliphatic rings. The average Bonchev–Trinajstić information content (AvgIpc) is 3.25. The van der Waals surface area contributed by atoms with Gasteiger partial charge < -0.3 is 14.2 Å². The van der Waals surface area contributed by atoms with Crippen LogP contribution in [0.3, 0.4) is 0 Å². The van der Waals surface area contributed by atoms with Gasteiger partial charge in [-0.15, -0.1) is 0 Å². The molecule has 1 aromatic heterocycles. The van der Waals surface area contributed by atoms with Gasteiger partial charge in [0.25, 0.3) is 5.56 Å². The number of nitrogens with zero attached hydrogens (tertiary/aromatic N) is 2. The summed E-state index contributed by atoms with van der Waals surface area (Å²) in [5.41, 5.74) is 2.35. The third kappa shape index (κ3) is 5.93. The van der Waals surface area contributed by atoms with Gasteiger partial charge in [0.15, 0.2) is 4.80 Å². The molecule has 1 unspecified atom stereocenters. The summed E-state index contributed by atoms with van der Waals surface area (Å²) in [6.07, 6.45) is 5.37. The first-order valence-electron chi connectivity index (χ1n) is 12.4. The monoisotopic (exact) mass is 546 g/mol. The molecule has 0 N–H and O–H groups in total. The van der Waals surface area contributed by atoms with Crippen LogP contribution in [0.2, 0.25) is 0 Å². The topological polar surface area (TPSA) is 96.2 Å². The molecule has 39 heavy (non-hydrogen) atoms. The van der Waals surface area contributed by atoms with Crippen LogP contribution >= 0.6 is 11.3 Å². The average molecular weight is 547 g/mol. The lowest BCUT2D eigenvalue weighted by atomic mass is 9.95. The molecule has 4 rings (SSSR count). The summed E-state index contributed by atoms with van der Waals surface area (Å²) in [6, 6.07) is 13.4. The van der Waals surface area contributed by atoms with Crippen molar-refractivity contribution in [1.29, 1.82) is 0 Å². The first-order chi connectivity index (χ1) is 18.7. The number of thiazole rings is 1. The zero-order valence-electron chi connectivity index (χ0n) is 22.5. The molecule has 0 saturated heterocycles. The normalized spacial score (nSPS) is 15.3. The van der Waals surface area contributed by atoms with Crippen molar-refractivity contribution >= 4 is 35.4 Å². The number of hydrogen-bond acceptors (Lipinski definition) is 8. The quantitative estimate of drug-likeness (QED) is 0.398. The first-order valence-corrected chi connectivity index (χ1v) is 13.2. The van der Waals surface area contributed by atoms with Crippen molar-refractivity contribution in [2.24, 2.45) is 10.9 Å². The number of aromatic nitrogens is 1. The van der Waals surface area contributed by atoms with Gasteiger partial charge in [-0.05, 0) is 42.7 Å². The van der Waals surface area contributed by atoms with Crippen molar-refractivity contribution in [3.05, 3.63) is 102 Å². The van der Waals surface area contributed by atoms with Gasteiger partial charge in [0.05, 0.1) is 48.2 Å². The molecule has 2 heterocycles. The Morgan fingerprint density at radius 3 is 2.46 bits per heavy atom. The minimum atomic E-state index is -0.770. The number of carbonyl (C=O) groups excluding carboxylic acids is 2. The summed E-state index contributed by atoms with van der Waals surface area (Å²) in [5, 5.41) is 0. The van der Waals surface area contributed by atoms with Gasteiger partial charge in [0, 0.05) is 5.56 Å². The molecular weight excluding hydrogens is 516 g/mol. The molecular formula is C30H30N2O6S. The molecule has 2 aromatic carbocycles. The highest BCUT2D eigenvalue weighted by molar-refractivity contribution is 7.07. The Balaban J connectivity index is 1.82. The molecule has 3 aromatic rings. The Bertz CT molecular complexity index is 1630. The molecule has 1 atom stereocenters. The van der Waals surface area contributed by atoms with E-state index in [2.05, 4.69) is 4.99 Å². The first kappa shape index (κ1) is 27.8. The minimum absolute atomic E-state index is 0.142. The molecule has 1 aliphatic heterocycles. The SMILES string of the molecule is COC(=O)c1ccc(C2C(C(=O)OCC(C)C)=C(C)N=c3sc(=CC=Cc4ccccc4OC)c(=O)n32)cc1. The molecule has 8 nitrogen and oxygen atoms in total. The smallest absolute Gasteiger partial charge is 0.338 e. The number of esters is 2. The van der Waals surface area contributed by atoms with E-state index in [9.17, 15) is 14.4 Å². The van der Waals surface area contributed by atoms with Gasteiger partial charge in [-0.1, -0.05) is 67.7 Å². The van der Waals surface area contributed by atoms with Crippen molar-refractivity contribution in [3.63, 3.8) is 0 Å². The number of fused-ring (bicyclic) bond motifs is 1. The number of allylic oxidation sites excluding steroid dienone is 2. The predicted molar refractivity (Wildman–Crippen MR) is 150 cm³/mol. The summed E-state index contributed by atoms with van der Waals surface area (Å²) in [4.78, 5) is 44.0. The highest BCUT2D eigenvalue weighted by Gasteiger charge is 2.33. The van der Waals surface area contributed by atoms with E-state index >= 15 is 0 Å². The molecule has 0 saturated carbocycles. The van der Waals surface area contributed by atoms with Crippen LogP contribution in [0, 0.1) is 5.92 Å². The lowest BCUT2D eigenvalue weighted by Crippen LogP contribution is -2.40. The number of carbonyl (C=O) groups is 2. The lowest BCUT2D eigenvalue weighted by molar-refractivity contribution is -0.140. The number of hydrogen-bond donors (Lipinski definition) is 0. The zero-order valence-corrected chi connectivity index (χ0v) is 23.3. The third-order valence-electron chi connectivity index (χ3n) is 6.10. The van der Waals surface area contributed by atoms with Gasteiger partial charge >= 0.3 is 11.9 Å². The largest absolute Gasteiger partial charge is 0.496 e. The predicted octanol–water partition coefficient (Wildman–Crippen LogP) is 3.89. The summed E-state index contributed by atoms with van der Waals surface area (Å²) >= 11 is 1.24. The number of para-hydroxylation sites is 1. The van der Waals surface area contributed by atoms with Crippen LogP contribution in [0.5, 0.6) is 5.75 Å². The van der Waals surface area contributed by atoms with Crippen LogP contribution < -0.4 is 19.6 Å². The molecule has 0 radical (unpaired) electrons. The van der Waals surface area contributed by atoms with Gasteiger partial charge in [0.2, 0.25) is 0 Å². The van der Waals surface area contributed by atoms with E-state index in [1.165, 1.54) is 23.0 Å². The van der Waals surface area contributed by atoms with Crippen molar-refractivity contribution in [2.45, 2.75) is 26.8 Å². The van der Waals surface area contributed by atoms with Crippen LogP contribution in [-0.4, -0.2) is 37.3 Å². The Morgan fingerprint density at radius 2 is 1.79 bits per heavy atom. The van der Waals surface area contributed by atoms with E-state index in [1.54, 1.807) is 50.5 Å². The Kier molecular flexibility index (Phi) is 8.61. The summed E-state index contributed by atoms with van der Waals surface area (Å²) in [6.45, 7) is 5.87. The van der Waals surface area contributed by atoms with Crippen molar-refractivity contribution in [2.75, 3.05) is 20.8 Å². The summed E-state index contributed by atoms with van der Waals surface area (Å²) in [7, 11) is 2.92. The van der Waals surface area contributed by atoms with Crippen LogP contribution in [0.1, 0.15) is 48.3 Å². The van der Waals surface area contributed by atoms with E-state index in [0.29, 0.717) is 26.2 Å². The molecule has 0 amide bonds. The van der Waals surface area contributed by atoms with Gasteiger partial charge in [-0.2, -0.15) is 0 Å². The summed E-state index contributed by atoms with van der Waals surface area (Å²) in [5.74, 6) is -0.143. The Morgan fingerprint density at radius 1 is 1.08 bits per heavy atom. The number of benzene rings is 2. The van der Waals surface area contributed by atoms with E-state index in [1.807, 2.05) is 44.2 Å². The highest BCUT2D eigenvalue weighted by atomic mass is 32.1. The molecule has 202 valence electrons. The van der Waals surface area contributed by atoms with Crippen molar-refractivity contribution < 1.29 is 23.8 Å². The van der Waals surface area contributed by atoms with Crippen molar-refractivity contribution in [1.82, 2.24) is 4.57 Å². The van der Waals surface area contributed by atoms with Crippen LogP contribution in [-0.2, 0) is 14.3 Å². The second-order valence-corrected chi connectivity index (χ2v) is 10.3. The highest BCUT2D eigenvalue weighted by Crippen LogP contribution is 2.31. The fourth-order valence-corrected chi connectivity index (χ4v) is 5.19. The molecule has 0 aliphatic carbocycles. The standard InChI is InChI=1S/C30H30N2O6S/c1-18(2)17-38-29(35)25-19(3)31-30-32(26(25)21-13-15-22(16-14-21)28(34)37-5)27(33)24(39-30)12-8-10-20-9-6-7-11-23(20)36-4/h6-16,18,26H,17H2,1-5H3. The molecule has 9 heteroatoms. The van der Waals surface area contributed by atoms with Crippen LogP contribution in [0.4, 0.5) is 0 Å². The van der Waals surface area contributed by atoms with Gasteiger partial charge in [-0.25, -0.2) is 14.6 Å². The maximum absolute atomic E-state index is 13.7. The molecule has 0 bridgehead atoms. The number of methoxy groups -OCH3 is 2. The van der Waals surface area contributed by atoms with E-state index in [4.69, 9.17) is 14.2 Å². The number of rotatable bonds is 8. The van der Waals surface area contributed by atoms with E-state index in [0.717, 1.165) is 11.3 Å². The third-order valence-corrected chi connectivity index (χ3v) is 7.10. The molecule has 0 fully saturated rings. The van der Waals surface area contributed by atoms with Crippen LogP contribution in [0.15, 0.2) is 75.7 Å². The second kappa shape index (κ2) is 12.1. The fourth-order valence-electron chi connectivity index (χ4n) is 4.19. The van der Waals surface area contributed by atoms with Crippen LogP contribution in [0.25, 0.3) is 12.2 Å². The Hall–Kier alpha value is -4.24. The second-order valence-electron chi connectivity index (χ2n) is 9.31. The maximum atomic E-state index is 13.7. The zero-order chi connectivity index (χ0) is 28.1. The number of ether oxygens (including phenoxy) is 3. The maximum Gasteiger partial charge on any atom is 0.338 e. The van der Waals surface area contributed by atoms with Gasteiger partial charge in [-0.3, -0.25) is 9.36 Å². The fraction of sp³-hybridized carbons (Fsp3) is 0.267.